The number of benzene rings is 1. The molecule has 0 spiro atoms. The van der Waals surface area contributed by atoms with Crippen molar-refractivity contribution in [3.63, 3.8) is 0 Å². The molecular weight excluding hydrogens is 250 g/mol. The van der Waals surface area contributed by atoms with Crippen LogP contribution in [0.4, 0.5) is 0 Å². The molecule has 1 aromatic carbocycles. The van der Waals surface area contributed by atoms with Crippen LogP contribution in [-0.2, 0) is 6.42 Å². The highest BCUT2D eigenvalue weighted by atomic mass is 16.5. The molecule has 0 fully saturated rings. The SMILES string of the molecule is CCCN(CCc1ccc(OC)c(OC)c1)CC(C)C. The monoisotopic (exact) mass is 279 g/mol. The first-order valence-electron chi connectivity index (χ1n) is 7.54. The maximum Gasteiger partial charge on any atom is 0.160 e. The molecule has 1 rings (SSSR count). The Hall–Kier alpha value is -1.22. The molecule has 0 unspecified atom stereocenters. The minimum Gasteiger partial charge on any atom is -0.493 e. The molecule has 0 aliphatic carbocycles. The van der Waals surface area contributed by atoms with E-state index in [0.717, 1.165) is 24.5 Å². The fourth-order valence-electron chi connectivity index (χ4n) is 2.45. The van der Waals surface area contributed by atoms with Crippen molar-refractivity contribution in [3.8, 4) is 11.5 Å². The molecular formula is C17H29NO2. The predicted molar refractivity (Wildman–Crippen MR) is 84.8 cm³/mol. The van der Waals surface area contributed by atoms with Crippen LogP contribution in [0.25, 0.3) is 0 Å². The summed E-state index contributed by atoms with van der Waals surface area (Å²) in [6, 6.07) is 6.19. The number of ether oxygens (including phenoxy) is 2. The Labute approximate surface area is 123 Å². The Morgan fingerprint density at radius 1 is 1.05 bits per heavy atom. The molecule has 0 saturated carbocycles. The van der Waals surface area contributed by atoms with E-state index < -0.39 is 0 Å². The van der Waals surface area contributed by atoms with E-state index in [0.29, 0.717) is 5.92 Å². The van der Waals surface area contributed by atoms with Gasteiger partial charge in [0.05, 0.1) is 14.2 Å². The zero-order valence-electron chi connectivity index (χ0n) is 13.6. The van der Waals surface area contributed by atoms with Crippen LogP contribution >= 0.6 is 0 Å². The van der Waals surface area contributed by atoms with Crippen LogP contribution in [0.2, 0.25) is 0 Å². The standard InChI is InChI=1S/C17H29NO2/c1-6-10-18(13-14(2)3)11-9-15-7-8-16(19-4)17(12-15)20-5/h7-8,12,14H,6,9-11,13H2,1-5H3. The quantitative estimate of drug-likeness (QED) is 0.689. The molecule has 0 heterocycles. The maximum atomic E-state index is 5.36. The molecule has 0 bridgehead atoms. The summed E-state index contributed by atoms with van der Waals surface area (Å²) in [4.78, 5) is 2.54. The molecule has 0 saturated heterocycles. The van der Waals surface area contributed by atoms with Crippen LogP contribution in [0.5, 0.6) is 11.5 Å². The lowest BCUT2D eigenvalue weighted by molar-refractivity contribution is 0.247. The molecule has 114 valence electrons. The average Bonchev–Trinajstić information content (AvgIpc) is 2.44. The number of rotatable bonds is 9. The molecule has 3 heteroatoms. The largest absolute Gasteiger partial charge is 0.493 e. The van der Waals surface area contributed by atoms with Crippen LogP contribution < -0.4 is 9.47 Å². The molecule has 0 aliphatic heterocycles. The Morgan fingerprint density at radius 2 is 1.75 bits per heavy atom. The number of hydrogen-bond donors (Lipinski definition) is 0. The Morgan fingerprint density at radius 3 is 2.30 bits per heavy atom. The van der Waals surface area contributed by atoms with Crippen molar-refractivity contribution in [2.45, 2.75) is 33.6 Å². The van der Waals surface area contributed by atoms with Gasteiger partial charge in [-0.1, -0.05) is 26.8 Å². The smallest absolute Gasteiger partial charge is 0.160 e. The van der Waals surface area contributed by atoms with Gasteiger partial charge in [-0.2, -0.15) is 0 Å². The van der Waals surface area contributed by atoms with Crippen molar-refractivity contribution < 1.29 is 9.47 Å². The topological polar surface area (TPSA) is 21.7 Å². The second-order valence-electron chi connectivity index (χ2n) is 5.63. The van der Waals surface area contributed by atoms with Crippen LogP contribution in [0.1, 0.15) is 32.8 Å². The highest BCUT2D eigenvalue weighted by molar-refractivity contribution is 5.42. The summed E-state index contributed by atoms with van der Waals surface area (Å²) < 4.78 is 10.6. The molecule has 3 nitrogen and oxygen atoms in total. The van der Waals surface area contributed by atoms with E-state index in [1.165, 1.54) is 25.1 Å². The normalized spacial score (nSPS) is 11.2. The molecule has 0 atom stereocenters. The van der Waals surface area contributed by atoms with Crippen LogP contribution in [0.15, 0.2) is 18.2 Å². The van der Waals surface area contributed by atoms with Crippen molar-refractivity contribution in [3.05, 3.63) is 23.8 Å². The van der Waals surface area contributed by atoms with E-state index in [1.807, 2.05) is 6.07 Å². The number of methoxy groups -OCH3 is 2. The summed E-state index contributed by atoms with van der Waals surface area (Å²) in [5.74, 6) is 2.33. The second kappa shape index (κ2) is 8.85. The summed E-state index contributed by atoms with van der Waals surface area (Å²) in [5, 5.41) is 0. The Kier molecular flexibility index (Phi) is 7.45. The highest BCUT2D eigenvalue weighted by Crippen LogP contribution is 2.27. The van der Waals surface area contributed by atoms with E-state index in [9.17, 15) is 0 Å². The maximum absolute atomic E-state index is 5.36. The Balaban J connectivity index is 2.62. The lowest BCUT2D eigenvalue weighted by Crippen LogP contribution is -2.30. The minimum absolute atomic E-state index is 0.715. The third-order valence-electron chi connectivity index (χ3n) is 3.33. The van der Waals surface area contributed by atoms with Gasteiger partial charge in [0.15, 0.2) is 11.5 Å². The van der Waals surface area contributed by atoms with Gasteiger partial charge >= 0.3 is 0 Å². The fourth-order valence-corrected chi connectivity index (χ4v) is 2.45. The summed E-state index contributed by atoms with van der Waals surface area (Å²) in [5.41, 5.74) is 1.30. The van der Waals surface area contributed by atoms with E-state index in [2.05, 4.69) is 37.8 Å². The van der Waals surface area contributed by atoms with Crippen LogP contribution in [0, 0.1) is 5.92 Å². The lowest BCUT2D eigenvalue weighted by atomic mass is 10.1. The summed E-state index contributed by atoms with van der Waals surface area (Å²) >= 11 is 0. The van der Waals surface area contributed by atoms with Gasteiger partial charge in [-0.25, -0.2) is 0 Å². The van der Waals surface area contributed by atoms with Crippen LogP contribution in [-0.4, -0.2) is 38.8 Å². The van der Waals surface area contributed by atoms with Crippen LogP contribution in [0.3, 0.4) is 0 Å². The summed E-state index contributed by atoms with van der Waals surface area (Å²) in [6.07, 6.45) is 2.26. The third-order valence-corrected chi connectivity index (χ3v) is 3.33. The summed E-state index contributed by atoms with van der Waals surface area (Å²) in [7, 11) is 3.35. The average molecular weight is 279 g/mol. The molecule has 0 N–H and O–H groups in total. The second-order valence-corrected chi connectivity index (χ2v) is 5.63. The predicted octanol–water partition coefficient (Wildman–Crippen LogP) is 3.61. The van der Waals surface area contributed by atoms with Gasteiger partial charge < -0.3 is 14.4 Å². The number of nitrogens with zero attached hydrogens (tertiary/aromatic N) is 1. The first-order valence-corrected chi connectivity index (χ1v) is 7.54. The molecule has 0 amide bonds. The van der Waals surface area contributed by atoms with Gasteiger partial charge in [0.1, 0.15) is 0 Å². The molecule has 1 aromatic rings. The first-order chi connectivity index (χ1) is 9.60. The van der Waals surface area contributed by atoms with Gasteiger partial charge in [-0.15, -0.1) is 0 Å². The van der Waals surface area contributed by atoms with Crippen molar-refractivity contribution in [2.24, 2.45) is 5.92 Å². The number of hydrogen-bond acceptors (Lipinski definition) is 3. The van der Waals surface area contributed by atoms with Crippen molar-refractivity contribution in [1.82, 2.24) is 4.90 Å². The van der Waals surface area contributed by atoms with Gasteiger partial charge in [-0.05, 0) is 43.0 Å². The van der Waals surface area contributed by atoms with Crippen molar-refractivity contribution >= 4 is 0 Å². The fraction of sp³-hybridized carbons (Fsp3) is 0.647. The highest BCUT2D eigenvalue weighted by Gasteiger charge is 2.08. The lowest BCUT2D eigenvalue weighted by Gasteiger charge is -2.23. The van der Waals surface area contributed by atoms with Gasteiger partial charge in [0.2, 0.25) is 0 Å². The van der Waals surface area contributed by atoms with Crippen molar-refractivity contribution in [2.75, 3.05) is 33.9 Å². The zero-order valence-corrected chi connectivity index (χ0v) is 13.6. The van der Waals surface area contributed by atoms with E-state index in [1.54, 1.807) is 14.2 Å². The first kappa shape index (κ1) is 16.8. The van der Waals surface area contributed by atoms with Gasteiger partial charge in [-0.3, -0.25) is 0 Å². The van der Waals surface area contributed by atoms with Crippen molar-refractivity contribution in [1.29, 1.82) is 0 Å². The van der Waals surface area contributed by atoms with Gasteiger partial charge in [0, 0.05) is 13.1 Å². The summed E-state index contributed by atoms with van der Waals surface area (Å²) in [6.45, 7) is 10.2. The molecule has 0 aliphatic rings. The van der Waals surface area contributed by atoms with E-state index >= 15 is 0 Å². The molecule has 20 heavy (non-hydrogen) atoms. The zero-order chi connectivity index (χ0) is 15.0. The van der Waals surface area contributed by atoms with E-state index in [4.69, 9.17) is 9.47 Å². The Bertz CT molecular complexity index is 391. The third kappa shape index (κ3) is 5.41. The van der Waals surface area contributed by atoms with E-state index in [-0.39, 0.29) is 0 Å². The minimum atomic E-state index is 0.715. The van der Waals surface area contributed by atoms with Gasteiger partial charge in [0.25, 0.3) is 0 Å². The molecule has 0 radical (unpaired) electrons. The molecule has 0 aromatic heterocycles.